The Bertz CT molecular complexity index is 600. The minimum Gasteiger partial charge on any atom is -0.497 e. The van der Waals surface area contributed by atoms with Gasteiger partial charge in [0, 0.05) is 17.8 Å². The summed E-state index contributed by atoms with van der Waals surface area (Å²) in [5, 5.41) is 2.75. The van der Waals surface area contributed by atoms with E-state index in [-0.39, 0.29) is 12.5 Å². The summed E-state index contributed by atoms with van der Waals surface area (Å²) in [7, 11) is 1.59. The van der Waals surface area contributed by atoms with Crippen LogP contribution in [0, 0.1) is 0 Å². The van der Waals surface area contributed by atoms with Gasteiger partial charge in [0.15, 0.2) is 6.61 Å². The third-order valence-corrected chi connectivity index (χ3v) is 2.90. The lowest BCUT2D eigenvalue weighted by atomic mass is 10.2. The molecule has 5 nitrogen and oxygen atoms in total. The summed E-state index contributed by atoms with van der Waals surface area (Å²) < 4.78 is 10.6. The largest absolute Gasteiger partial charge is 0.497 e. The molecule has 0 unspecified atom stereocenters. The van der Waals surface area contributed by atoms with Crippen LogP contribution < -0.4 is 20.5 Å². The van der Waals surface area contributed by atoms with Crippen molar-refractivity contribution < 1.29 is 14.3 Å². The van der Waals surface area contributed by atoms with E-state index in [2.05, 4.69) is 5.32 Å². The molecular weight excluding hydrogens is 268 g/mol. The number of ether oxygens (including phenoxy) is 2. The van der Waals surface area contributed by atoms with Gasteiger partial charge in [-0.3, -0.25) is 4.79 Å². The topological polar surface area (TPSA) is 73.6 Å². The SMILES string of the molecule is COc1ccc(OCC(=O)Nc2ccccc2)c(CN)c1. The van der Waals surface area contributed by atoms with E-state index in [4.69, 9.17) is 15.2 Å². The van der Waals surface area contributed by atoms with Crippen molar-refractivity contribution in [1.82, 2.24) is 0 Å². The van der Waals surface area contributed by atoms with E-state index >= 15 is 0 Å². The number of nitrogens with one attached hydrogen (secondary N) is 1. The molecule has 0 radical (unpaired) electrons. The van der Waals surface area contributed by atoms with Gasteiger partial charge in [-0.25, -0.2) is 0 Å². The Labute approximate surface area is 123 Å². The van der Waals surface area contributed by atoms with Gasteiger partial charge in [0.1, 0.15) is 11.5 Å². The fraction of sp³-hybridized carbons (Fsp3) is 0.188. The van der Waals surface area contributed by atoms with Crippen molar-refractivity contribution in [2.45, 2.75) is 6.54 Å². The Morgan fingerprint density at radius 3 is 2.62 bits per heavy atom. The van der Waals surface area contributed by atoms with Gasteiger partial charge in [-0.15, -0.1) is 0 Å². The van der Waals surface area contributed by atoms with Gasteiger partial charge in [0.25, 0.3) is 5.91 Å². The number of anilines is 1. The van der Waals surface area contributed by atoms with Crippen LogP contribution in [-0.2, 0) is 11.3 Å². The predicted octanol–water partition coefficient (Wildman–Crippen LogP) is 2.17. The van der Waals surface area contributed by atoms with Crippen LogP contribution >= 0.6 is 0 Å². The minimum atomic E-state index is -0.222. The first kappa shape index (κ1) is 14.9. The monoisotopic (exact) mass is 286 g/mol. The Morgan fingerprint density at radius 2 is 1.95 bits per heavy atom. The van der Waals surface area contributed by atoms with Crippen LogP contribution in [0.5, 0.6) is 11.5 Å². The Hall–Kier alpha value is -2.53. The molecule has 21 heavy (non-hydrogen) atoms. The molecule has 0 aliphatic rings. The number of methoxy groups -OCH3 is 1. The Morgan fingerprint density at radius 1 is 1.19 bits per heavy atom. The lowest BCUT2D eigenvalue weighted by Gasteiger charge is -2.12. The Kier molecular flexibility index (Phi) is 5.17. The molecule has 3 N–H and O–H groups in total. The highest BCUT2D eigenvalue weighted by Crippen LogP contribution is 2.23. The van der Waals surface area contributed by atoms with Crippen molar-refractivity contribution in [1.29, 1.82) is 0 Å². The standard InChI is InChI=1S/C16H18N2O3/c1-20-14-7-8-15(12(9-14)10-17)21-11-16(19)18-13-5-3-2-4-6-13/h2-9H,10-11,17H2,1H3,(H,18,19). The van der Waals surface area contributed by atoms with Crippen LogP contribution in [-0.4, -0.2) is 19.6 Å². The van der Waals surface area contributed by atoms with Gasteiger partial charge in [-0.2, -0.15) is 0 Å². The number of rotatable bonds is 6. The van der Waals surface area contributed by atoms with E-state index < -0.39 is 0 Å². The first-order valence-corrected chi connectivity index (χ1v) is 6.57. The number of carbonyl (C=O) groups excluding carboxylic acids is 1. The molecule has 0 bridgehead atoms. The predicted molar refractivity (Wildman–Crippen MR) is 81.5 cm³/mol. The van der Waals surface area contributed by atoms with Crippen molar-refractivity contribution >= 4 is 11.6 Å². The minimum absolute atomic E-state index is 0.0752. The highest BCUT2D eigenvalue weighted by atomic mass is 16.5. The van der Waals surface area contributed by atoms with Gasteiger partial charge in [0.2, 0.25) is 0 Å². The molecule has 0 fully saturated rings. The van der Waals surface area contributed by atoms with Crippen LogP contribution in [0.3, 0.4) is 0 Å². The summed E-state index contributed by atoms with van der Waals surface area (Å²) in [6.45, 7) is 0.237. The summed E-state index contributed by atoms with van der Waals surface area (Å²) in [6.07, 6.45) is 0. The van der Waals surface area contributed by atoms with Crippen molar-refractivity contribution in [3.05, 3.63) is 54.1 Å². The highest BCUT2D eigenvalue weighted by molar-refractivity contribution is 5.91. The lowest BCUT2D eigenvalue weighted by Crippen LogP contribution is -2.20. The molecule has 0 heterocycles. The maximum Gasteiger partial charge on any atom is 0.262 e. The second-order valence-electron chi connectivity index (χ2n) is 4.38. The highest BCUT2D eigenvalue weighted by Gasteiger charge is 2.08. The molecule has 2 aromatic carbocycles. The van der Waals surface area contributed by atoms with Gasteiger partial charge in [-0.1, -0.05) is 18.2 Å². The zero-order chi connectivity index (χ0) is 15.1. The van der Waals surface area contributed by atoms with Crippen molar-refractivity contribution in [2.24, 2.45) is 5.73 Å². The van der Waals surface area contributed by atoms with E-state index in [1.807, 2.05) is 30.3 Å². The quantitative estimate of drug-likeness (QED) is 0.853. The average Bonchev–Trinajstić information content (AvgIpc) is 2.53. The molecule has 0 saturated heterocycles. The van der Waals surface area contributed by atoms with Gasteiger partial charge in [-0.05, 0) is 30.3 Å². The zero-order valence-electron chi connectivity index (χ0n) is 11.8. The molecule has 2 rings (SSSR count). The van der Waals surface area contributed by atoms with Crippen molar-refractivity contribution in [2.75, 3.05) is 19.0 Å². The summed E-state index contributed by atoms with van der Waals surface area (Å²) in [5.74, 6) is 1.07. The summed E-state index contributed by atoms with van der Waals surface area (Å²) >= 11 is 0. The number of amides is 1. The third kappa shape index (κ3) is 4.22. The van der Waals surface area contributed by atoms with Gasteiger partial charge >= 0.3 is 0 Å². The number of nitrogens with two attached hydrogens (primary N) is 1. The number of para-hydroxylation sites is 1. The number of benzene rings is 2. The van der Waals surface area contributed by atoms with Crippen molar-refractivity contribution in [3.8, 4) is 11.5 Å². The normalized spacial score (nSPS) is 10.0. The van der Waals surface area contributed by atoms with E-state index in [1.54, 1.807) is 25.3 Å². The molecule has 0 spiro atoms. The van der Waals surface area contributed by atoms with Gasteiger partial charge in [0.05, 0.1) is 7.11 Å². The van der Waals surface area contributed by atoms with Crippen LogP contribution in [0.4, 0.5) is 5.69 Å². The van der Waals surface area contributed by atoms with Crippen LogP contribution in [0.25, 0.3) is 0 Å². The molecule has 110 valence electrons. The van der Waals surface area contributed by atoms with E-state index in [1.165, 1.54) is 0 Å². The maximum absolute atomic E-state index is 11.8. The first-order chi connectivity index (χ1) is 10.2. The molecule has 0 aromatic heterocycles. The third-order valence-electron chi connectivity index (χ3n) is 2.90. The second-order valence-corrected chi connectivity index (χ2v) is 4.38. The number of hydrogen-bond donors (Lipinski definition) is 2. The fourth-order valence-electron chi connectivity index (χ4n) is 1.84. The molecule has 2 aromatic rings. The van der Waals surface area contributed by atoms with E-state index in [0.29, 0.717) is 18.0 Å². The number of hydrogen-bond acceptors (Lipinski definition) is 4. The molecule has 0 aliphatic carbocycles. The first-order valence-electron chi connectivity index (χ1n) is 6.57. The number of carbonyl (C=O) groups is 1. The summed E-state index contributed by atoms with van der Waals surface area (Å²) in [4.78, 5) is 11.8. The van der Waals surface area contributed by atoms with Crippen LogP contribution in [0.1, 0.15) is 5.56 Å². The zero-order valence-corrected chi connectivity index (χ0v) is 11.8. The molecule has 0 saturated carbocycles. The molecule has 1 amide bonds. The molecule has 0 atom stereocenters. The van der Waals surface area contributed by atoms with E-state index in [9.17, 15) is 4.79 Å². The van der Waals surface area contributed by atoms with Crippen LogP contribution in [0.15, 0.2) is 48.5 Å². The summed E-state index contributed by atoms with van der Waals surface area (Å²) in [6, 6.07) is 14.5. The van der Waals surface area contributed by atoms with Crippen LogP contribution in [0.2, 0.25) is 0 Å². The lowest BCUT2D eigenvalue weighted by molar-refractivity contribution is -0.118. The molecule has 5 heteroatoms. The van der Waals surface area contributed by atoms with Gasteiger partial charge < -0.3 is 20.5 Å². The second kappa shape index (κ2) is 7.31. The molecular formula is C16H18N2O3. The average molecular weight is 286 g/mol. The Balaban J connectivity index is 1.95. The maximum atomic E-state index is 11.8. The van der Waals surface area contributed by atoms with E-state index in [0.717, 1.165) is 11.3 Å². The molecule has 0 aliphatic heterocycles. The van der Waals surface area contributed by atoms with Crippen molar-refractivity contribution in [3.63, 3.8) is 0 Å². The fourth-order valence-corrected chi connectivity index (χ4v) is 1.84. The summed E-state index contributed by atoms with van der Waals surface area (Å²) in [5.41, 5.74) is 7.20. The smallest absolute Gasteiger partial charge is 0.262 e.